The van der Waals surface area contributed by atoms with Crippen molar-refractivity contribution in [2.45, 2.75) is 30.5 Å². The number of pyridine rings is 2. The van der Waals surface area contributed by atoms with Crippen molar-refractivity contribution in [2.24, 2.45) is 0 Å². The molecule has 2 aromatic carbocycles. The van der Waals surface area contributed by atoms with Crippen LogP contribution in [0, 0.1) is 0 Å². The number of hydrogen-bond donors (Lipinski definition) is 0. The quantitative estimate of drug-likeness (QED) is 0.206. The average molecular weight is 467 g/mol. The van der Waals surface area contributed by atoms with Gasteiger partial charge in [-0.2, -0.15) is 0 Å². The van der Waals surface area contributed by atoms with Gasteiger partial charge in [-0.3, -0.25) is 14.9 Å². The van der Waals surface area contributed by atoms with Gasteiger partial charge in [-0.25, -0.2) is 0 Å². The van der Waals surface area contributed by atoms with Crippen molar-refractivity contribution in [3.63, 3.8) is 0 Å². The van der Waals surface area contributed by atoms with Crippen molar-refractivity contribution in [1.82, 2.24) is 14.9 Å². The monoisotopic (exact) mass is 467 g/mol. The summed E-state index contributed by atoms with van der Waals surface area (Å²) in [6.45, 7) is 6.04. The average Bonchev–Trinajstić information content (AvgIpc) is 2.67. The van der Waals surface area contributed by atoms with E-state index in [1.807, 2.05) is 12.4 Å². The first-order valence-electron chi connectivity index (χ1n) is 9.11. The van der Waals surface area contributed by atoms with Crippen LogP contribution in [0.2, 0.25) is 0 Å². The molecule has 136 valence electrons. The number of nitrogens with zero attached hydrogens (tertiary/aromatic N) is 3. The van der Waals surface area contributed by atoms with Gasteiger partial charge in [-0.05, 0) is 36.8 Å². The molecule has 3 nitrogen and oxygen atoms in total. The van der Waals surface area contributed by atoms with E-state index in [4.69, 9.17) is 9.97 Å². The van der Waals surface area contributed by atoms with E-state index in [2.05, 4.69) is 102 Å². The number of halogens is 1. The smallest absolute Gasteiger partial charge is 0.0680 e. The van der Waals surface area contributed by atoms with Crippen LogP contribution in [0.3, 0.4) is 0 Å². The Kier molecular flexibility index (Phi) is 5.10. The molecule has 0 amide bonds. The Hall–Kier alpha value is -2.05. The Morgan fingerprint density at radius 3 is 1.63 bits per heavy atom. The summed E-state index contributed by atoms with van der Waals surface area (Å²) in [7, 11) is 0. The third-order valence-electron chi connectivity index (χ3n) is 4.95. The maximum Gasteiger partial charge on any atom is 0.0680 e. The van der Waals surface area contributed by atoms with E-state index in [0.717, 1.165) is 24.5 Å². The summed E-state index contributed by atoms with van der Waals surface area (Å²) in [6.07, 6.45) is 3.82. The Morgan fingerprint density at radius 1 is 0.741 bits per heavy atom. The summed E-state index contributed by atoms with van der Waals surface area (Å²) >= 11 is 2.51. The van der Waals surface area contributed by atoms with E-state index in [9.17, 15) is 0 Å². The lowest BCUT2D eigenvalue weighted by molar-refractivity contribution is 0.188. The van der Waals surface area contributed by atoms with Gasteiger partial charge in [0, 0.05) is 36.3 Å². The second-order valence-corrected chi connectivity index (χ2v) is 9.86. The van der Waals surface area contributed by atoms with Crippen LogP contribution in [0.4, 0.5) is 0 Å². The molecule has 2 aromatic heterocycles. The van der Waals surface area contributed by atoms with Crippen LogP contribution in [0.25, 0.3) is 21.5 Å². The number of rotatable bonds is 5. The molecule has 0 bridgehead atoms. The lowest BCUT2D eigenvalue weighted by Crippen LogP contribution is -2.38. The van der Waals surface area contributed by atoms with Gasteiger partial charge in [0.2, 0.25) is 0 Å². The normalized spacial score (nSPS) is 12.1. The number of fused-ring (bicyclic) bond motifs is 2. The zero-order chi connectivity index (χ0) is 18.9. The fourth-order valence-electron chi connectivity index (χ4n) is 3.41. The zero-order valence-corrected chi connectivity index (χ0v) is 17.7. The fourth-order valence-corrected chi connectivity index (χ4v) is 3.75. The van der Waals surface area contributed by atoms with Gasteiger partial charge >= 0.3 is 0 Å². The standard InChI is InChI=1S/C23H22IN3/c1-23(2,24)27(15-21-19-9-5-3-7-17(19)11-13-25-21)16-22-20-10-6-4-8-18(20)12-14-26-22/h3-14H,15-16H2,1-2H3. The molecule has 4 aromatic rings. The summed E-state index contributed by atoms with van der Waals surface area (Å²) in [5, 5.41) is 4.90. The molecule has 0 atom stereocenters. The molecule has 0 aliphatic heterocycles. The Labute approximate surface area is 173 Å². The predicted octanol–water partition coefficient (Wildman–Crippen LogP) is 5.96. The van der Waals surface area contributed by atoms with Crippen molar-refractivity contribution < 1.29 is 0 Å². The highest BCUT2D eigenvalue weighted by atomic mass is 127. The van der Waals surface area contributed by atoms with E-state index < -0.39 is 0 Å². The SMILES string of the molecule is CC(C)(I)N(Cc1nccc2ccccc12)Cc1nccc2ccccc12. The van der Waals surface area contributed by atoms with Crippen LogP contribution >= 0.6 is 22.6 Å². The molecule has 0 radical (unpaired) electrons. The van der Waals surface area contributed by atoms with E-state index in [1.165, 1.54) is 21.5 Å². The number of hydrogen-bond acceptors (Lipinski definition) is 3. The van der Waals surface area contributed by atoms with Crippen molar-refractivity contribution in [3.8, 4) is 0 Å². The first-order valence-corrected chi connectivity index (χ1v) is 10.2. The van der Waals surface area contributed by atoms with Crippen molar-refractivity contribution in [2.75, 3.05) is 0 Å². The van der Waals surface area contributed by atoms with Crippen molar-refractivity contribution in [3.05, 3.63) is 84.4 Å². The topological polar surface area (TPSA) is 29.0 Å². The van der Waals surface area contributed by atoms with Gasteiger partial charge in [-0.15, -0.1) is 0 Å². The van der Waals surface area contributed by atoms with E-state index in [0.29, 0.717) is 0 Å². The molecule has 4 rings (SSSR count). The lowest BCUT2D eigenvalue weighted by atomic mass is 10.1. The first-order chi connectivity index (χ1) is 13.0. The largest absolute Gasteiger partial charge is 0.278 e. The number of alkyl halides is 1. The van der Waals surface area contributed by atoms with Gasteiger partial charge in [0.25, 0.3) is 0 Å². The molecular formula is C23H22IN3. The highest BCUT2D eigenvalue weighted by molar-refractivity contribution is 14.1. The summed E-state index contributed by atoms with van der Waals surface area (Å²) in [4.78, 5) is 11.8. The van der Waals surface area contributed by atoms with Gasteiger partial charge in [0.15, 0.2) is 0 Å². The van der Waals surface area contributed by atoms with Crippen molar-refractivity contribution in [1.29, 1.82) is 0 Å². The minimum atomic E-state index is -0.0327. The minimum absolute atomic E-state index is 0.0327. The molecule has 27 heavy (non-hydrogen) atoms. The molecule has 0 fully saturated rings. The summed E-state index contributed by atoms with van der Waals surface area (Å²) < 4.78 is -0.0327. The molecule has 4 heteroatoms. The van der Waals surface area contributed by atoms with Gasteiger partial charge in [-0.1, -0.05) is 71.1 Å². The van der Waals surface area contributed by atoms with E-state index >= 15 is 0 Å². The second kappa shape index (κ2) is 7.52. The maximum atomic E-state index is 4.70. The van der Waals surface area contributed by atoms with Crippen LogP contribution in [0.1, 0.15) is 25.2 Å². The third kappa shape index (κ3) is 3.96. The minimum Gasteiger partial charge on any atom is -0.278 e. The van der Waals surface area contributed by atoms with Crippen LogP contribution in [-0.4, -0.2) is 18.4 Å². The third-order valence-corrected chi connectivity index (χ3v) is 5.63. The summed E-state index contributed by atoms with van der Waals surface area (Å²) in [5.41, 5.74) is 2.22. The molecule has 0 saturated carbocycles. The molecule has 0 aliphatic carbocycles. The van der Waals surface area contributed by atoms with Crippen LogP contribution in [0.15, 0.2) is 73.1 Å². The molecule has 2 heterocycles. The van der Waals surface area contributed by atoms with Gasteiger partial charge in [0.05, 0.1) is 14.9 Å². The molecule has 0 aliphatic rings. The van der Waals surface area contributed by atoms with Crippen LogP contribution < -0.4 is 0 Å². The maximum absolute atomic E-state index is 4.70. The highest BCUT2D eigenvalue weighted by Crippen LogP contribution is 2.29. The highest BCUT2D eigenvalue weighted by Gasteiger charge is 2.25. The van der Waals surface area contributed by atoms with Crippen LogP contribution in [0.5, 0.6) is 0 Å². The summed E-state index contributed by atoms with van der Waals surface area (Å²) in [6, 6.07) is 21.1. The molecule has 0 N–H and O–H groups in total. The Morgan fingerprint density at radius 2 is 1.19 bits per heavy atom. The number of aromatic nitrogens is 2. The van der Waals surface area contributed by atoms with E-state index in [-0.39, 0.29) is 3.55 Å². The lowest BCUT2D eigenvalue weighted by Gasteiger charge is -2.34. The van der Waals surface area contributed by atoms with Gasteiger partial charge < -0.3 is 0 Å². The summed E-state index contributed by atoms with van der Waals surface area (Å²) in [5.74, 6) is 0. The molecule has 0 saturated heterocycles. The fraction of sp³-hybridized carbons (Fsp3) is 0.217. The van der Waals surface area contributed by atoms with Gasteiger partial charge in [0.1, 0.15) is 0 Å². The predicted molar refractivity (Wildman–Crippen MR) is 121 cm³/mol. The van der Waals surface area contributed by atoms with Crippen molar-refractivity contribution >= 4 is 44.1 Å². The Balaban J connectivity index is 1.72. The zero-order valence-electron chi connectivity index (χ0n) is 15.6. The Bertz CT molecular complexity index is 994. The second-order valence-electron chi connectivity index (χ2n) is 7.22. The number of benzene rings is 2. The molecule has 0 spiro atoms. The van der Waals surface area contributed by atoms with Crippen LogP contribution in [-0.2, 0) is 13.1 Å². The van der Waals surface area contributed by atoms with E-state index in [1.54, 1.807) is 0 Å². The molecule has 0 unspecified atom stereocenters. The first kappa shape index (κ1) is 18.3. The molecular weight excluding hydrogens is 445 g/mol.